The Morgan fingerprint density at radius 2 is 1.70 bits per heavy atom. The zero-order valence-corrected chi connectivity index (χ0v) is 16.2. The molecule has 27 heavy (non-hydrogen) atoms. The topological polar surface area (TPSA) is 61.8 Å². The zero-order chi connectivity index (χ0) is 20.0. The second-order valence-corrected chi connectivity index (χ2v) is 6.18. The molecule has 0 aliphatic carbocycles. The summed E-state index contributed by atoms with van der Waals surface area (Å²) in [7, 11) is 3.10. The molecule has 0 unspecified atom stereocenters. The van der Waals surface area contributed by atoms with Gasteiger partial charge < -0.3 is 14.2 Å². The molecule has 2 aromatic rings. The molecule has 0 heterocycles. The average molecular weight is 368 g/mol. The SMILES string of the molecule is COc1ccc(/C=C/C(=O)O[C@@H](C)C(=O)c2ccc(C)c(C)c2)c(OC)c1. The van der Waals surface area contributed by atoms with Gasteiger partial charge in [0.05, 0.1) is 14.2 Å². The van der Waals surface area contributed by atoms with Gasteiger partial charge in [0.2, 0.25) is 5.78 Å². The fraction of sp³-hybridized carbons (Fsp3) is 0.273. The fourth-order valence-electron chi connectivity index (χ4n) is 2.51. The number of rotatable bonds is 7. The van der Waals surface area contributed by atoms with Crippen LogP contribution in [0.2, 0.25) is 0 Å². The van der Waals surface area contributed by atoms with Crippen molar-refractivity contribution >= 4 is 17.8 Å². The standard InChI is InChI=1S/C22H24O5/c1-14-6-7-18(12-15(14)2)22(24)16(3)27-21(23)11-9-17-8-10-19(25-4)13-20(17)26-5/h6-13,16H,1-5H3/b11-9+/t16-/m0/s1. The Morgan fingerprint density at radius 3 is 2.33 bits per heavy atom. The van der Waals surface area contributed by atoms with Gasteiger partial charge in [0.25, 0.3) is 0 Å². The summed E-state index contributed by atoms with van der Waals surface area (Å²) in [6.45, 7) is 5.48. The first-order chi connectivity index (χ1) is 12.8. The Morgan fingerprint density at radius 1 is 0.963 bits per heavy atom. The lowest BCUT2D eigenvalue weighted by Crippen LogP contribution is -2.23. The highest BCUT2D eigenvalue weighted by Crippen LogP contribution is 2.25. The van der Waals surface area contributed by atoms with Gasteiger partial charge in [-0.2, -0.15) is 0 Å². The molecular formula is C22H24O5. The maximum atomic E-state index is 12.5. The molecule has 0 aliphatic heterocycles. The van der Waals surface area contributed by atoms with Gasteiger partial charge in [-0.15, -0.1) is 0 Å². The summed E-state index contributed by atoms with van der Waals surface area (Å²) in [5.41, 5.74) is 3.35. The quantitative estimate of drug-likeness (QED) is 0.417. The van der Waals surface area contributed by atoms with Crippen LogP contribution in [-0.2, 0) is 9.53 Å². The van der Waals surface area contributed by atoms with Crippen molar-refractivity contribution in [2.24, 2.45) is 0 Å². The number of benzene rings is 2. The largest absolute Gasteiger partial charge is 0.497 e. The number of Topliss-reactive ketones (excluding diaryl/α,β-unsaturated/α-hetero) is 1. The fourth-order valence-corrected chi connectivity index (χ4v) is 2.51. The molecule has 5 nitrogen and oxygen atoms in total. The van der Waals surface area contributed by atoms with Gasteiger partial charge in [0.15, 0.2) is 6.10 Å². The average Bonchev–Trinajstić information content (AvgIpc) is 2.67. The van der Waals surface area contributed by atoms with Crippen LogP contribution in [0.1, 0.15) is 34.0 Å². The smallest absolute Gasteiger partial charge is 0.331 e. The van der Waals surface area contributed by atoms with E-state index in [0.29, 0.717) is 22.6 Å². The molecule has 0 saturated carbocycles. The molecule has 0 radical (unpaired) electrons. The van der Waals surface area contributed by atoms with Gasteiger partial charge >= 0.3 is 5.97 Å². The Balaban J connectivity index is 2.05. The van der Waals surface area contributed by atoms with Crippen LogP contribution >= 0.6 is 0 Å². The van der Waals surface area contributed by atoms with Crippen molar-refractivity contribution < 1.29 is 23.8 Å². The lowest BCUT2D eigenvalue weighted by molar-refractivity contribution is -0.140. The predicted molar refractivity (Wildman–Crippen MR) is 104 cm³/mol. The van der Waals surface area contributed by atoms with E-state index < -0.39 is 12.1 Å². The van der Waals surface area contributed by atoms with Crippen molar-refractivity contribution in [2.45, 2.75) is 26.9 Å². The number of carbonyl (C=O) groups is 2. The summed E-state index contributed by atoms with van der Waals surface area (Å²) in [4.78, 5) is 24.5. The minimum atomic E-state index is -0.873. The minimum Gasteiger partial charge on any atom is -0.497 e. The van der Waals surface area contributed by atoms with Crippen molar-refractivity contribution in [1.29, 1.82) is 0 Å². The summed E-state index contributed by atoms with van der Waals surface area (Å²) in [5.74, 6) is 0.385. The molecule has 0 amide bonds. The minimum absolute atomic E-state index is 0.234. The number of carbonyl (C=O) groups excluding carboxylic acids is 2. The monoisotopic (exact) mass is 368 g/mol. The van der Waals surface area contributed by atoms with Gasteiger partial charge in [0.1, 0.15) is 11.5 Å². The van der Waals surface area contributed by atoms with Crippen molar-refractivity contribution in [1.82, 2.24) is 0 Å². The van der Waals surface area contributed by atoms with Crippen LogP contribution < -0.4 is 9.47 Å². The highest BCUT2D eigenvalue weighted by molar-refractivity contribution is 6.01. The molecule has 0 aliphatic rings. The van der Waals surface area contributed by atoms with E-state index in [1.54, 1.807) is 50.4 Å². The third kappa shape index (κ3) is 5.20. The number of hydrogen-bond acceptors (Lipinski definition) is 5. The normalized spacial score (nSPS) is 11.9. The second kappa shape index (κ2) is 9.03. The Kier molecular flexibility index (Phi) is 6.77. The van der Waals surface area contributed by atoms with Gasteiger partial charge in [0, 0.05) is 23.3 Å². The van der Waals surface area contributed by atoms with E-state index in [-0.39, 0.29) is 5.78 Å². The molecule has 2 aromatic carbocycles. The molecule has 5 heteroatoms. The second-order valence-electron chi connectivity index (χ2n) is 6.18. The molecule has 0 N–H and O–H groups in total. The van der Waals surface area contributed by atoms with E-state index in [4.69, 9.17) is 14.2 Å². The van der Waals surface area contributed by atoms with E-state index in [9.17, 15) is 9.59 Å². The van der Waals surface area contributed by atoms with E-state index >= 15 is 0 Å². The first kappa shape index (κ1) is 20.2. The van der Waals surface area contributed by atoms with Crippen LogP contribution in [0.15, 0.2) is 42.5 Å². The van der Waals surface area contributed by atoms with Crippen molar-refractivity contribution in [3.8, 4) is 11.5 Å². The van der Waals surface area contributed by atoms with Gasteiger partial charge in [-0.05, 0) is 56.2 Å². The first-order valence-electron chi connectivity index (χ1n) is 8.58. The summed E-state index contributed by atoms with van der Waals surface area (Å²) in [5, 5.41) is 0. The molecule has 0 saturated heterocycles. The number of esters is 1. The Labute approximate surface area is 159 Å². The van der Waals surface area contributed by atoms with Crippen LogP contribution in [0.25, 0.3) is 6.08 Å². The molecule has 0 fully saturated rings. The summed E-state index contributed by atoms with van der Waals surface area (Å²) in [6.07, 6.45) is 1.98. The van der Waals surface area contributed by atoms with Gasteiger partial charge in [-0.1, -0.05) is 12.1 Å². The number of aryl methyl sites for hydroxylation is 2. The summed E-state index contributed by atoms with van der Waals surface area (Å²) in [6, 6.07) is 10.7. The van der Waals surface area contributed by atoms with E-state index in [1.165, 1.54) is 13.2 Å². The number of hydrogen-bond donors (Lipinski definition) is 0. The van der Waals surface area contributed by atoms with Crippen LogP contribution in [0.5, 0.6) is 11.5 Å². The molecule has 142 valence electrons. The Bertz CT molecular complexity index is 867. The van der Waals surface area contributed by atoms with Crippen molar-refractivity contribution in [3.63, 3.8) is 0 Å². The number of ketones is 1. The summed E-state index contributed by atoms with van der Waals surface area (Å²) < 4.78 is 15.7. The molecule has 0 spiro atoms. The van der Waals surface area contributed by atoms with Gasteiger partial charge in [-0.25, -0.2) is 4.79 Å². The molecule has 0 bridgehead atoms. The summed E-state index contributed by atoms with van der Waals surface area (Å²) >= 11 is 0. The lowest BCUT2D eigenvalue weighted by atomic mass is 10.0. The van der Waals surface area contributed by atoms with Crippen LogP contribution in [0.4, 0.5) is 0 Å². The molecule has 1 atom stereocenters. The van der Waals surface area contributed by atoms with Crippen molar-refractivity contribution in [3.05, 3.63) is 64.7 Å². The van der Waals surface area contributed by atoms with E-state index in [0.717, 1.165) is 11.1 Å². The van der Waals surface area contributed by atoms with Gasteiger partial charge in [-0.3, -0.25) is 4.79 Å². The Hall–Kier alpha value is -3.08. The van der Waals surface area contributed by atoms with E-state index in [1.807, 2.05) is 19.9 Å². The molecule has 2 rings (SSSR count). The predicted octanol–water partition coefficient (Wildman–Crippen LogP) is 4.15. The highest BCUT2D eigenvalue weighted by Gasteiger charge is 2.19. The maximum Gasteiger partial charge on any atom is 0.331 e. The maximum absolute atomic E-state index is 12.5. The highest BCUT2D eigenvalue weighted by atomic mass is 16.5. The van der Waals surface area contributed by atoms with E-state index in [2.05, 4.69) is 0 Å². The van der Waals surface area contributed by atoms with Crippen molar-refractivity contribution in [2.75, 3.05) is 14.2 Å². The number of methoxy groups -OCH3 is 2. The molecule has 0 aromatic heterocycles. The van der Waals surface area contributed by atoms with Crippen LogP contribution in [-0.4, -0.2) is 32.1 Å². The molecular weight excluding hydrogens is 344 g/mol. The van der Waals surface area contributed by atoms with Crippen LogP contribution in [0, 0.1) is 13.8 Å². The third-order valence-corrected chi connectivity index (χ3v) is 4.29. The number of ether oxygens (including phenoxy) is 3. The van der Waals surface area contributed by atoms with Crippen LogP contribution in [0.3, 0.4) is 0 Å². The lowest BCUT2D eigenvalue weighted by Gasteiger charge is -2.12. The third-order valence-electron chi connectivity index (χ3n) is 4.29. The zero-order valence-electron chi connectivity index (χ0n) is 16.2. The first-order valence-corrected chi connectivity index (χ1v) is 8.58.